The summed E-state index contributed by atoms with van der Waals surface area (Å²) in [6.07, 6.45) is 1.39. The van der Waals surface area contributed by atoms with Crippen molar-refractivity contribution in [1.29, 1.82) is 5.26 Å². The van der Waals surface area contributed by atoms with Gasteiger partial charge in [-0.3, -0.25) is 0 Å². The van der Waals surface area contributed by atoms with E-state index in [0.29, 0.717) is 31.2 Å². The van der Waals surface area contributed by atoms with Crippen LogP contribution < -0.4 is 4.90 Å². The van der Waals surface area contributed by atoms with Crippen molar-refractivity contribution < 1.29 is 12.8 Å². The number of benzene rings is 2. The first-order valence-corrected chi connectivity index (χ1v) is 10.1. The Morgan fingerprint density at radius 2 is 1.63 bits per heavy atom. The molecule has 2 aromatic carbocycles. The van der Waals surface area contributed by atoms with E-state index in [-0.39, 0.29) is 15.6 Å². The molecule has 140 valence electrons. The first kappa shape index (κ1) is 19.2. The van der Waals surface area contributed by atoms with Gasteiger partial charge in [-0.2, -0.15) is 5.26 Å². The fourth-order valence-corrected chi connectivity index (χ4v) is 4.11. The largest absolute Gasteiger partial charge is 0.372 e. The van der Waals surface area contributed by atoms with Gasteiger partial charge in [0.1, 0.15) is 11.9 Å². The highest BCUT2D eigenvalue weighted by Crippen LogP contribution is 2.22. The van der Waals surface area contributed by atoms with Gasteiger partial charge < -0.3 is 9.80 Å². The van der Waals surface area contributed by atoms with E-state index in [1.54, 1.807) is 18.2 Å². The van der Waals surface area contributed by atoms with Crippen LogP contribution in [-0.4, -0.2) is 39.5 Å². The number of anilines is 1. The molecule has 0 amide bonds. The number of sulfone groups is 1. The second-order valence-corrected chi connectivity index (χ2v) is 8.42. The molecule has 0 atom stereocenters. The molecule has 1 aliphatic rings. The Labute approximate surface area is 162 Å². The summed E-state index contributed by atoms with van der Waals surface area (Å²) < 4.78 is 38.4. The van der Waals surface area contributed by atoms with Crippen molar-refractivity contribution in [3.05, 3.63) is 70.5 Å². The summed E-state index contributed by atoms with van der Waals surface area (Å²) in [5, 5.41) is 9.79. The van der Waals surface area contributed by atoms with Crippen LogP contribution in [0.5, 0.6) is 0 Å². The lowest BCUT2D eigenvalue weighted by molar-refractivity contribution is 0.348. The van der Waals surface area contributed by atoms with E-state index in [4.69, 9.17) is 11.6 Å². The van der Waals surface area contributed by atoms with Gasteiger partial charge in [0, 0.05) is 43.1 Å². The Morgan fingerprint density at radius 1 is 1.04 bits per heavy atom. The molecule has 1 saturated heterocycles. The minimum atomic E-state index is -3.89. The lowest BCUT2D eigenvalue weighted by atomic mass is 10.2. The maximum atomic E-state index is 13.0. The van der Waals surface area contributed by atoms with Crippen LogP contribution >= 0.6 is 11.6 Å². The SMILES string of the molecule is N#C/C(=C\N1CCN(c2ccc(F)cc2)CC1)S(=O)(=O)c1ccc(Cl)cc1. The van der Waals surface area contributed by atoms with Gasteiger partial charge in [-0.25, -0.2) is 12.8 Å². The Bertz CT molecular complexity index is 975. The van der Waals surface area contributed by atoms with Crippen LogP contribution in [0, 0.1) is 17.1 Å². The minimum Gasteiger partial charge on any atom is -0.372 e. The van der Waals surface area contributed by atoms with Gasteiger partial charge in [-0.05, 0) is 48.5 Å². The topological polar surface area (TPSA) is 64.4 Å². The number of nitriles is 1. The van der Waals surface area contributed by atoms with Crippen LogP contribution in [0.2, 0.25) is 5.02 Å². The molecule has 0 saturated carbocycles. The molecule has 0 spiro atoms. The number of allylic oxidation sites excluding steroid dienone is 1. The molecule has 0 N–H and O–H groups in total. The van der Waals surface area contributed by atoms with E-state index in [1.807, 2.05) is 4.90 Å². The smallest absolute Gasteiger partial charge is 0.218 e. The molecular weight excluding hydrogens is 389 g/mol. The number of halogens is 2. The average molecular weight is 406 g/mol. The van der Waals surface area contributed by atoms with E-state index in [1.165, 1.54) is 42.6 Å². The molecule has 0 radical (unpaired) electrons. The van der Waals surface area contributed by atoms with Crippen LogP contribution in [0.15, 0.2) is 64.5 Å². The van der Waals surface area contributed by atoms with Crippen molar-refractivity contribution in [1.82, 2.24) is 4.90 Å². The Morgan fingerprint density at radius 3 is 2.19 bits per heavy atom. The molecule has 3 rings (SSSR count). The molecular formula is C19H17ClFN3O2S. The minimum absolute atomic E-state index is 0.0321. The normalized spacial score (nSPS) is 15.5. The zero-order valence-electron chi connectivity index (χ0n) is 14.3. The van der Waals surface area contributed by atoms with Crippen LogP contribution in [0.25, 0.3) is 0 Å². The zero-order valence-corrected chi connectivity index (χ0v) is 15.9. The molecule has 1 heterocycles. The summed E-state index contributed by atoms with van der Waals surface area (Å²) in [4.78, 5) is 3.62. The fourth-order valence-electron chi connectivity index (χ4n) is 2.83. The van der Waals surface area contributed by atoms with Crippen molar-refractivity contribution in [2.75, 3.05) is 31.1 Å². The number of rotatable bonds is 4. The van der Waals surface area contributed by atoms with Gasteiger partial charge in [0.15, 0.2) is 4.91 Å². The van der Waals surface area contributed by atoms with Crippen molar-refractivity contribution >= 4 is 27.1 Å². The molecule has 0 unspecified atom stereocenters. The third-order valence-corrected chi connectivity index (χ3v) is 6.25. The molecule has 8 heteroatoms. The summed E-state index contributed by atoms with van der Waals surface area (Å²) in [5.41, 5.74) is 0.911. The lowest BCUT2D eigenvalue weighted by Crippen LogP contribution is -2.44. The highest BCUT2D eigenvalue weighted by molar-refractivity contribution is 7.95. The van der Waals surface area contributed by atoms with E-state index >= 15 is 0 Å². The molecule has 1 fully saturated rings. The van der Waals surface area contributed by atoms with Gasteiger partial charge in [0.25, 0.3) is 0 Å². The summed E-state index contributed by atoms with van der Waals surface area (Å²) in [7, 11) is -3.89. The first-order valence-electron chi connectivity index (χ1n) is 8.27. The zero-order chi connectivity index (χ0) is 19.4. The van der Waals surface area contributed by atoms with Gasteiger partial charge in [0.05, 0.1) is 4.90 Å². The third-order valence-electron chi connectivity index (χ3n) is 4.33. The summed E-state index contributed by atoms with van der Waals surface area (Å²) in [5.74, 6) is -0.286. The van der Waals surface area contributed by atoms with E-state index in [0.717, 1.165) is 5.69 Å². The predicted octanol–water partition coefficient (Wildman–Crippen LogP) is 3.44. The average Bonchev–Trinajstić information content (AvgIpc) is 2.67. The number of nitrogens with zero attached hydrogens (tertiary/aromatic N) is 3. The van der Waals surface area contributed by atoms with Crippen molar-refractivity contribution in [2.45, 2.75) is 4.90 Å². The number of hydrogen-bond acceptors (Lipinski definition) is 5. The van der Waals surface area contributed by atoms with Gasteiger partial charge in [0.2, 0.25) is 9.84 Å². The standard InChI is InChI=1S/C19H17ClFN3O2S/c20-15-1-7-18(8-2-15)27(25,26)19(13-22)14-23-9-11-24(12-10-23)17-5-3-16(21)4-6-17/h1-8,14H,9-12H2/b19-14+. The Hall–Kier alpha value is -2.56. The van der Waals surface area contributed by atoms with Gasteiger partial charge in [-0.1, -0.05) is 11.6 Å². The fraction of sp³-hybridized carbons (Fsp3) is 0.211. The summed E-state index contributed by atoms with van der Waals surface area (Å²) in [6.45, 7) is 2.39. The second-order valence-electron chi connectivity index (χ2n) is 6.06. The molecule has 2 aromatic rings. The van der Waals surface area contributed by atoms with Crippen LogP contribution in [0.4, 0.5) is 10.1 Å². The molecule has 0 aliphatic carbocycles. The van der Waals surface area contributed by atoms with Crippen molar-refractivity contribution in [3.63, 3.8) is 0 Å². The second kappa shape index (κ2) is 7.99. The van der Waals surface area contributed by atoms with Crippen molar-refractivity contribution in [2.24, 2.45) is 0 Å². The first-order chi connectivity index (χ1) is 12.9. The maximum Gasteiger partial charge on any atom is 0.218 e. The molecule has 0 aromatic heterocycles. The molecule has 27 heavy (non-hydrogen) atoms. The Balaban J connectivity index is 1.73. The number of piperazine rings is 1. The van der Waals surface area contributed by atoms with Gasteiger partial charge >= 0.3 is 0 Å². The third kappa shape index (κ3) is 4.41. The monoisotopic (exact) mass is 405 g/mol. The Kier molecular flexibility index (Phi) is 5.68. The highest BCUT2D eigenvalue weighted by atomic mass is 35.5. The van der Waals surface area contributed by atoms with E-state index in [2.05, 4.69) is 4.90 Å². The highest BCUT2D eigenvalue weighted by Gasteiger charge is 2.23. The van der Waals surface area contributed by atoms with Gasteiger partial charge in [-0.15, -0.1) is 0 Å². The quantitative estimate of drug-likeness (QED) is 0.729. The predicted molar refractivity (Wildman–Crippen MR) is 103 cm³/mol. The van der Waals surface area contributed by atoms with Crippen LogP contribution in [0.1, 0.15) is 0 Å². The van der Waals surface area contributed by atoms with Crippen LogP contribution in [-0.2, 0) is 9.84 Å². The van der Waals surface area contributed by atoms with Crippen molar-refractivity contribution in [3.8, 4) is 6.07 Å². The summed E-state index contributed by atoms with van der Waals surface area (Å²) in [6, 6.07) is 13.8. The molecule has 1 aliphatic heterocycles. The van der Waals surface area contributed by atoms with E-state index < -0.39 is 9.84 Å². The molecule has 5 nitrogen and oxygen atoms in total. The number of hydrogen-bond donors (Lipinski definition) is 0. The van der Waals surface area contributed by atoms with E-state index in [9.17, 15) is 18.1 Å². The maximum absolute atomic E-state index is 13.0. The lowest BCUT2D eigenvalue weighted by Gasteiger charge is -2.35. The summed E-state index contributed by atoms with van der Waals surface area (Å²) >= 11 is 5.80. The molecule has 0 bridgehead atoms. The van der Waals surface area contributed by atoms with Crippen LogP contribution in [0.3, 0.4) is 0 Å².